The molecule has 0 N–H and O–H groups in total. The average molecular weight is 335 g/mol. The van der Waals surface area contributed by atoms with Gasteiger partial charge < -0.3 is 9.47 Å². The van der Waals surface area contributed by atoms with Crippen molar-refractivity contribution in [3.8, 4) is 11.5 Å². The van der Waals surface area contributed by atoms with Crippen LogP contribution in [0.2, 0.25) is 0 Å². The molecule has 2 aromatic carbocycles. The van der Waals surface area contributed by atoms with Crippen LogP contribution in [-0.4, -0.2) is 64.0 Å². The topological polar surface area (TPSA) is 35.5 Å². The summed E-state index contributed by atoms with van der Waals surface area (Å²) in [5.74, 6) is 1.36. The van der Waals surface area contributed by atoms with E-state index in [1.54, 1.807) is 0 Å². The van der Waals surface area contributed by atoms with Crippen molar-refractivity contribution >= 4 is 57.4 Å². The van der Waals surface area contributed by atoms with E-state index in [4.69, 9.17) is 9.47 Å². The number of ether oxygens (including phenoxy) is 2. The standard InChI is InChI=1S/C19H20O3.K/c1-2-3-6-12-21-19(20)15-9-7-11-18-16(15)13-14-8-4-5-10-17(14)22-18;/h4-5,7-11H,2-3,6,12-13H2,1H3;. The van der Waals surface area contributed by atoms with Gasteiger partial charge in [0.25, 0.3) is 0 Å². The van der Waals surface area contributed by atoms with Gasteiger partial charge in [-0.25, -0.2) is 4.79 Å². The predicted molar refractivity (Wildman–Crippen MR) is 91.3 cm³/mol. The van der Waals surface area contributed by atoms with Gasteiger partial charge in [0.2, 0.25) is 0 Å². The SMILES string of the molecule is CCCCCOC(=O)c1cccc2c1Cc1ccccc1O2.[K]. The molecule has 0 aromatic heterocycles. The van der Waals surface area contributed by atoms with Crippen LogP contribution < -0.4 is 4.74 Å². The van der Waals surface area contributed by atoms with Gasteiger partial charge in [-0.3, -0.25) is 0 Å². The molecule has 0 unspecified atom stereocenters. The van der Waals surface area contributed by atoms with E-state index in [1.165, 1.54) is 0 Å². The molecule has 0 spiro atoms. The second-order valence-electron chi connectivity index (χ2n) is 5.51. The molecule has 0 saturated carbocycles. The van der Waals surface area contributed by atoms with Crippen LogP contribution in [0, 0.1) is 0 Å². The summed E-state index contributed by atoms with van der Waals surface area (Å²) in [5.41, 5.74) is 2.63. The Morgan fingerprint density at radius 1 is 1.09 bits per heavy atom. The third kappa shape index (κ3) is 4.46. The minimum Gasteiger partial charge on any atom is -0.462 e. The number of carbonyl (C=O) groups excluding carboxylic acids is 1. The monoisotopic (exact) mass is 335 g/mol. The van der Waals surface area contributed by atoms with E-state index < -0.39 is 0 Å². The van der Waals surface area contributed by atoms with Gasteiger partial charge in [0.1, 0.15) is 11.5 Å². The Bertz CT molecular complexity index is 682. The Balaban J connectivity index is 0.00000192. The summed E-state index contributed by atoms with van der Waals surface area (Å²) in [5, 5.41) is 0. The first-order valence-corrected chi connectivity index (χ1v) is 7.84. The fourth-order valence-corrected chi connectivity index (χ4v) is 2.69. The average Bonchev–Trinajstić information content (AvgIpc) is 2.56. The third-order valence-electron chi connectivity index (χ3n) is 3.89. The summed E-state index contributed by atoms with van der Waals surface area (Å²) in [6.07, 6.45) is 3.81. The van der Waals surface area contributed by atoms with Gasteiger partial charge in [0, 0.05) is 63.4 Å². The van der Waals surface area contributed by atoms with Crippen LogP contribution >= 0.6 is 0 Å². The van der Waals surface area contributed by atoms with E-state index in [0.29, 0.717) is 18.6 Å². The maximum absolute atomic E-state index is 12.3. The number of hydrogen-bond acceptors (Lipinski definition) is 3. The number of para-hydroxylation sites is 1. The summed E-state index contributed by atoms with van der Waals surface area (Å²) in [6, 6.07) is 13.5. The molecule has 1 heterocycles. The molecule has 1 aliphatic rings. The Hall–Kier alpha value is -0.654. The number of hydrogen-bond donors (Lipinski definition) is 0. The number of esters is 1. The maximum atomic E-state index is 12.3. The van der Waals surface area contributed by atoms with Crippen LogP contribution in [0.1, 0.15) is 47.7 Å². The number of carbonyl (C=O) groups is 1. The molecular weight excluding hydrogens is 315 g/mol. The Morgan fingerprint density at radius 3 is 2.70 bits per heavy atom. The quantitative estimate of drug-likeness (QED) is 0.395. The Labute approximate surface area is 179 Å². The molecule has 115 valence electrons. The Kier molecular flexibility index (Phi) is 7.30. The summed E-state index contributed by atoms with van der Waals surface area (Å²) < 4.78 is 11.3. The van der Waals surface area contributed by atoms with Gasteiger partial charge in [0.15, 0.2) is 0 Å². The molecule has 0 saturated heterocycles. The van der Waals surface area contributed by atoms with Crippen molar-refractivity contribution in [3.63, 3.8) is 0 Å². The second kappa shape index (κ2) is 8.99. The maximum Gasteiger partial charge on any atom is 0.338 e. The van der Waals surface area contributed by atoms with E-state index >= 15 is 0 Å². The Morgan fingerprint density at radius 2 is 1.87 bits per heavy atom. The summed E-state index contributed by atoms with van der Waals surface area (Å²) in [4.78, 5) is 12.3. The van der Waals surface area contributed by atoms with E-state index in [-0.39, 0.29) is 57.4 Å². The predicted octanol–water partition coefficient (Wildman–Crippen LogP) is 4.35. The number of fused-ring (bicyclic) bond motifs is 2. The van der Waals surface area contributed by atoms with E-state index in [2.05, 4.69) is 6.92 Å². The number of benzene rings is 2. The zero-order valence-corrected chi connectivity index (χ0v) is 16.9. The minimum absolute atomic E-state index is 0. The molecule has 0 atom stereocenters. The molecule has 0 fully saturated rings. The van der Waals surface area contributed by atoms with Crippen molar-refractivity contribution in [3.05, 3.63) is 59.2 Å². The van der Waals surface area contributed by atoms with Gasteiger partial charge in [-0.1, -0.05) is 44.0 Å². The van der Waals surface area contributed by atoms with Crippen molar-refractivity contribution < 1.29 is 14.3 Å². The molecule has 0 aliphatic carbocycles. The van der Waals surface area contributed by atoms with Gasteiger partial charge >= 0.3 is 5.97 Å². The number of rotatable bonds is 5. The normalized spacial score (nSPS) is 11.5. The largest absolute Gasteiger partial charge is 0.462 e. The first kappa shape index (κ1) is 18.7. The second-order valence-corrected chi connectivity index (χ2v) is 5.51. The van der Waals surface area contributed by atoms with Crippen LogP contribution in [0.15, 0.2) is 42.5 Å². The van der Waals surface area contributed by atoms with Crippen molar-refractivity contribution in [2.75, 3.05) is 6.61 Å². The van der Waals surface area contributed by atoms with Crippen LogP contribution in [0.25, 0.3) is 0 Å². The zero-order chi connectivity index (χ0) is 15.4. The van der Waals surface area contributed by atoms with Gasteiger partial charge in [-0.2, -0.15) is 0 Å². The van der Waals surface area contributed by atoms with E-state index in [1.807, 2.05) is 42.5 Å². The van der Waals surface area contributed by atoms with Gasteiger partial charge in [-0.05, 0) is 30.2 Å². The van der Waals surface area contributed by atoms with Gasteiger partial charge in [0.05, 0.1) is 12.2 Å². The van der Waals surface area contributed by atoms with Crippen LogP contribution in [0.5, 0.6) is 11.5 Å². The molecule has 23 heavy (non-hydrogen) atoms. The molecule has 0 amide bonds. The van der Waals surface area contributed by atoms with Crippen molar-refractivity contribution in [2.45, 2.75) is 32.6 Å². The van der Waals surface area contributed by atoms with Crippen LogP contribution in [0.4, 0.5) is 0 Å². The summed E-state index contributed by atoms with van der Waals surface area (Å²) in [7, 11) is 0. The minimum atomic E-state index is -0.254. The molecule has 2 aromatic rings. The smallest absolute Gasteiger partial charge is 0.338 e. The van der Waals surface area contributed by atoms with E-state index in [0.717, 1.165) is 41.9 Å². The summed E-state index contributed by atoms with van der Waals surface area (Å²) in [6.45, 7) is 2.61. The van der Waals surface area contributed by atoms with Gasteiger partial charge in [-0.15, -0.1) is 0 Å². The van der Waals surface area contributed by atoms with Crippen LogP contribution in [0.3, 0.4) is 0 Å². The molecule has 1 aliphatic heterocycles. The molecule has 4 heteroatoms. The zero-order valence-electron chi connectivity index (χ0n) is 13.8. The first-order chi connectivity index (χ1) is 10.8. The molecule has 1 radical (unpaired) electrons. The first-order valence-electron chi connectivity index (χ1n) is 7.84. The fourth-order valence-electron chi connectivity index (χ4n) is 2.69. The van der Waals surface area contributed by atoms with Crippen LogP contribution in [-0.2, 0) is 11.2 Å². The molecular formula is C19H20KO3. The van der Waals surface area contributed by atoms with E-state index in [9.17, 15) is 4.79 Å². The molecule has 3 rings (SSSR count). The molecule has 3 nitrogen and oxygen atoms in total. The van der Waals surface area contributed by atoms with Crippen molar-refractivity contribution in [1.82, 2.24) is 0 Å². The van der Waals surface area contributed by atoms with Crippen molar-refractivity contribution in [1.29, 1.82) is 0 Å². The number of unbranched alkanes of at least 4 members (excludes halogenated alkanes) is 2. The molecule has 0 bridgehead atoms. The fraction of sp³-hybridized carbons (Fsp3) is 0.316. The van der Waals surface area contributed by atoms with Crippen molar-refractivity contribution in [2.24, 2.45) is 0 Å². The summed E-state index contributed by atoms with van der Waals surface area (Å²) >= 11 is 0. The third-order valence-corrected chi connectivity index (χ3v) is 3.89.